The van der Waals surface area contributed by atoms with Crippen LogP contribution in [0.15, 0.2) is 24.5 Å². The van der Waals surface area contributed by atoms with Crippen molar-refractivity contribution in [1.82, 2.24) is 15.6 Å². The van der Waals surface area contributed by atoms with Gasteiger partial charge in [-0.2, -0.15) is 0 Å². The van der Waals surface area contributed by atoms with E-state index in [1.54, 1.807) is 59.9 Å². The summed E-state index contributed by atoms with van der Waals surface area (Å²) in [4.78, 5) is 42.1. The fourth-order valence-corrected chi connectivity index (χ4v) is 4.77. The molecule has 0 aliphatic carbocycles. The highest BCUT2D eigenvalue weighted by molar-refractivity contribution is 5.97. The predicted molar refractivity (Wildman–Crippen MR) is 127 cm³/mol. The molecule has 37 heavy (non-hydrogen) atoms. The van der Waals surface area contributed by atoms with Gasteiger partial charge in [-0.3, -0.25) is 19.4 Å². The molecule has 204 valence electrons. The molecule has 3 saturated heterocycles. The second-order valence-electron chi connectivity index (χ2n) is 10.2. The molecule has 3 fully saturated rings. The molecule has 2 N–H and O–H groups in total. The van der Waals surface area contributed by atoms with Gasteiger partial charge in [-0.25, -0.2) is 0 Å². The highest BCUT2D eigenvalue weighted by Gasteiger charge is 2.62. The Bertz CT molecular complexity index is 1000. The van der Waals surface area contributed by atoms with E-state index in [1.807, 2.05) is 0 Å². The number of aromatic nitrogens is 1. The maximum absolute atomic E-state index is 13.2. The molecule has 12 nitrogen and oxygen atoms in total. The van der Waals surface area contributed by atoms with Gasteiger partial charge in [0.15, 0.2) is 17.9 Å². The van der Waals surface area contributed by atoms with E-state index in [1.165, 1.54) is 6.20 Å². The van der Waals surface area contributed by atoms with Gasteiger partial charge in [0.05, 0.1) is 24.6 Å². The topological polar surface area (TPSA) is 144 Å². The van der Waals surface area contributed by atoms with E-state index in [2.05, 4.69) is 15.6 Å². The number of amides is 2. The van der Waals surface area contributed by atoms with Crippen molar-refractivity contribution in [2.24, 2.45) is 0 Å². The zero-order chi connectivity index (χ0) is 27.0. The smallest absolute Gasteiger partial charge is 0.307 e. The van der Waals surface area contributed by atoms with Crippen molar-refractivity contribution >= 4 is 17.8 Å². The average Bonchev–Trinajstić information content (AvgIpc) is 3.32. The molecule has 4 heterocycles. The minimum absolute atomic E-state index is 0.178. The summed E-state index contributed by atoms with van der Waals surface area (Å²) < 4.78 is 35.7. The number of nitrogens with zero attached hydrogens (tertiary/aromatic N) is 1. The summed E-state index contributed by atoms with van der Waals surface area (Å²) in [6.07, 6.45) is -0.676. The molecule has 0 radical (unpaired) electrons. The molecule has 0 bridgehead atoms. The molecular weight excluding hydrogens is 486 g/mol. The Morgan fingerprint density at radius 2 is 1.70 bits per heavy atom. The minimum Gasteiger partial charge on any atom is -0.466 e. The number of carbonyl (C=O) groups excluding carboxylic acids is 3. The zero-order valence-electron chi connectivity index (χ0n) is 21.9. The molecule has 0 unspecified atom stereocenters. The summed E-state index contributed by atoms with van der Waals surface area (Å²) in [6, 6.07) is 1.42. The van der Waals surface area contributed by atoms with Crippen LogP contribution in [0.25, 0.3) is 0 Å². The summed E-state index contributed by atoms with van der Waals surface area (Å²) >= 11 is 0. The van der Waals surface area contributed by atoms with E-state index >= 15 is 0 Å². The fraction of sp³-hybridized carbons (Fsp3) is 0.680. The first-order valence-electron chi connectivity index (χ1n) is 12.4. The van der Waals surface area contributed by atoms with Gasteiger partial charge in [-0.15, -0.1) is 0 Å². The zero-order valence-corrected chi connectivity index (χ0v) is 21.9. The second kappa shape index (κ2) is 10.6. The molecule has 0 spiro atoms. The lowest BCUT2D eigenvalue weighted by molar-refractivity contribution is -0.240. The van der Waals surface area contributed by atoms with Gasteiger partial charge in [0, 0.05) is 12.4 Å². The first-order chi connectivity index (χ1) is 17.4. The van der Waals surface area contributed by atoms with Crippen LogP contribution in [0.2, 0.25) is 0 Å². The van der Waals surface area contributed by atoms with E-state index in [9.17, 15) is 14.4 Å². The standard InChI is InChI=1S/C25H35N3O9/c1-7-32-16(29)11-15(28-21(30)13(2)27-22(31)14-9-8-10-26-12-14)17-18-19(35-24(3,4)34-18)20-23(33-17)37-25(5,6)36-20/h8-10,12-13,15,17-20,23H,7,11H2,1-6H3,(H,27,31)(H,28,30)/t13-,15+,17+,18-,19-,20+,23+/m0/s1. The summed E-state index contributed by atoms with van der Waals surface area (Å²) in [5, 5.41) is 5.49. The Hall–Kier alpha value is -2.64. The molecule has 12 heteroatoms. The Morgan fingerprint density at radius 1 is 1.03 bits per heavy atom. The summed E-state index contributed by atoms with van der Waals surface area (Å²) in [7, 11) is 0. The van der Waals surface area contributed by atoms with Crippen molar-refractivity contribution < 1.29 is 42.8 Å². The largest absolute Gasteiger partial charge is 0.466 e. The van der Waals surface area contributed by atoms with E-state index < -0.39 is 72.1 Å². The van der Waals surface area contributed by atoms with Crippen LogP contribution in [0.4, 0.5) is 0 Å². The molecule has 4 rings (SSSR count). The number of ether oxygens (including phenoxy) is 6. The number of hydrogen-bond donors (Lipinski definition) is 2. The third-order valence-corrected chi connectivity index (χ3v) is 6.27. The number of fused-ring (bicyclic) bond motifs is 3. The summed E-state index contributed by atoms with van der Waals surface area (Å²) in [5.74, 6) is -3.37. The van der Waals surface area contributed by atoms with Crippen LogP contribution in [0, 0.1) is 0 Å². The van der Waals surface area contributed by atoms with Gasteiger partial charge in [0.25, 0.3) is 5.91 Å². The lowest BCUT2D eigenvalue weighted by Gasteiger charge is -2.41. The third kappa shape index (κ3) is 6.27. The normalized spacial score (nSPS) is 30.9. The van der Waals surface area contributed by atoms with Crippen LogP contribution >= 0.6 is 0 Å². The van der Waals surface area contributed by atoms with Crippen molar-refractivity contribution in [2.45, 2.75) is 102 Å². The third-order valence-electron chi connectivity index (χ3n) is 6.27. The molecular formula is C25H35N3O9. The molecule has 3 aliphatic heterocycles. The molecule has 0 saturated carbocycles. The fourth-order valence-electron chi connectivity index (χ4n) is 4.77. The highest BCUT2D eigenvalue weighted by Crippen LogP contribution is 2.45. The van der Waals surface area contributed by atoms with Crippen molar-refractivity contribution in [3.63, 3.8) is 0 Å². The highest BCUT2D eigenvalue weighted by atomic mass is 16.9. The van der Waals surface area contributed by atoms with Crippen molar-refractivity contribution in [3.8, 4) is 0 Å². The van der Waals surface area contributed by atoms with Crippen LogP contribution in [-0.2, 0) is 38.0 Å². The van der Waals surface area contributed by atoms with Crippen molar-refractivity contribution in [3.05, 3.63) is 30.1 Å². The SMILES string of the molecule is CCOC(=O)C[C@@H](NC(=O)[C@H](C)NC(=O)c1cccnc1)[C@H]1O[C@@H]2OC(C)(C)O[C@@H]2[C@H]2OC(C)(C)O[C@H]21. The van der Waals surface area contributed by atoms with Gasteiger partial charge in [0.1, 0.15) is 30.5 Å². The quantitative estimate of drug-likeness (QED) is 0.476. The minimum atomic E-state index is -0.953. The summed E-state index contributed by atoms with van der Waals surface area (Å²) in [5.41, 5.74) is 0.314. The van der Waals surface area contributed by atoms with Crippen LogP contribution in [0.5, 0.6) is 0 Å². The monoisotopic (exact) mass is 521 g/mol. The van der Waals surface area contributed by atoms with Gasteiger partial charge in [-0.05, 0) is 53.7 Å². The second-order valence-corrected chi connectivity index (χ2v) is 10.2. The van der Waals surface area contributed by atoms with Crippen LogP contribution in [-0.4, -0.2) is 83.7 Å². The Labute approximate surface area is 215 Å². The molecule has 1 aromatic rings. The molecule has 0 aromatic carbocycles. The van der Waals surface area contributed by atoms with E-state index in [0.29, 0.717) is 5.56 Å². The number of esters is 1. The number of rotatable bonds is 8. The number of hydrogen-bond acceptors (Lipinski definition) is 10. The first-order valence-corrected chi connectivity index (χ1v) is 12.4. The van der Waals surface area contributed by atoms with E-state index in [4.69, 9.17) is 28.4 Å². The lowest BCUT2D eigenvalue weighted by atomic mass is 9.92. The molecule has 7 atom stereocenters. The average molecular weight is 522 g/mol. The Balaban J connectivity index is 1.54. The lowest BCUT2D eigenvalue weighted by Crippen LogP contribution is -2.63. The number of pyridine rings is 1. The maximum atomic E-state index is 13.2. The predicted octanol–water partition coefficient (Wildman–Crippen LogP) is 1.03. The van der Waals surface area contributed by atoms with Crippen LogP contribution in [0.3, 0.4) is 0 Å². The Morgan fingerprint density at radius 3 is 2.38 bits per heavy atom. The van der Waals surface area contributed by atoms with Gasteiger partial charge in [0.2, 0.25) is 5.91 Å². The summed E-state index contributed by atoms with van der Waals surface area (Å²) in [6.45, 7) is 10.5. The molecule has 2 amide bonds. The van der Waals surface area contributed by atoms with Crippen molar-refractivity contribution in [1.29, 1.82) is 0 Å². The number of nitrogens with one attached hydrogen (secondary N) is 2. The Kier molecular flexibility index (Phi) is 7.86. The van der Waals surface area contributed by atoms with Gasteiger partial charge < -0.3 is 39.1 Å². The first kappa shape index (κ1) is 27.4. The van der Waals surface area contributed by atoms with Crippen LogP contribution < -0.4 is 10.6 Å². The van der Waals surface area contributed by atoms with E-state index in [0.717, 1.165) is 0 Å². The van der Waals surface area contributed by atoms with Gasteiger partial charge >= 0.3 is 5.97 Å². The van der Waals surface area contributed by atoms with E-state index in [-0.39, 0.29) is 13.0 Å². The molecule has 3 aliphatic rings. The number of carbonyl (C=O) groups is 3. The van der Waals surface area contributed by atoms with Gasteiger partial charge in [-0.1, -0.05) is 0 Å². The van der Waals surface area contributed by atoms with Crippen LogP contribution in [0.1, 0.15) is 58.3 Å². The molecule has 1 aromatic heterocycles. The maximum Gasteiger partial charge on any atom is 0.307 e. The van der Waals surface area contributed by atoms with Crippen molar-refractivity contribution in [2.75, 3.05) is 6.61 Å².